The maximum absolute atomic E-state index is 16.9. The molecule has 3 fully saturated rings. The molecule has 13 heteroatoms. The van der Waals surface area contributed by atoms with Gasteiger partial charge in [-0.15, -0.1) is 0 Å². The summed E-state index contributed by atoms with van der Waals surface area (Å²) in [5.41, 5.74) is -3.31. The van der Waals surface area contributed by atoms with Crippen LogP contribution in [0.25, 0.3) is 0 Å². The topological polar surface area (TPSA) is 111 Å². The number of fused-ring (bicyclic) bond motifs is 3. The number of hydrogen-bond donors (Lipinski definition) is 4. The standard InChI is InChI=1S/C43H42Cl2F3N3O5/c44-27-14-17-31-33(18-27)50-40(55)43(31)34(30-12-7-13-32(45)35(30)48)37(39(54)49-28-15-16-29(19-52)56-20-28)51(42(43)21-41(22-42,23-46)24-47)36(25-8-3-1-4-9-25)38(53)26-10-5-2-6-11-26/h1-14,17-18,28-29,34,36-38,52-53H,15-16,19-24H2,(H,49,54)(H,50,55)/t28-,29+,34+,36-,37-,38+,43-/m1/s1. The summed E-state index contributed by atoms with van der Waals surface area (Å²) in [6.45, 7) is -2.21. The van der Waals surface area contributed by atoms with Crippen LogP contribution >= 0.6 is 23.2 Å². The third-order valence-corrected chi connectivity index (χ3v) is 13.1. The number of anilines is 1. The number of hydrogen-bond acceptors (Lipinski definition) is 6. The van der Waals surface area contributed by atoms with Gasteiger partial charge in [0, 0.05) is 27.6 Å². The molecule has 4 N–H and O–H groups in total. The van der Waals surface area contributed by atoms with E-state index in [1.807, 2.05) is 0 Å². The fourth-order valence-electron chi connectivity index (χ4n) is 10.3. The van der Waals surface area contributed by atoms with Crippen LogP contribution in [0.2, 0.25) is 10.0 Å². The van der Waals surface area contributed by atoms with Crippen molar-refractivity contribution in [2.45, 2.75) is 72.9 Å². The number of likely N-dealkylation sites (tertiary alicyclic amines) is 1. The number of nitrogens with one attached hydrogen (secondary N) is 2. The van der Waals surface area contributed by atoms with Gasteiger partial charge in [-0.1, -0.05) is 102 Å². The Kier molecular flexibility index (Phi) is 10.5. The Labute approximate surface area is 333 Å². The average molecular weight is 809 g/mol. The van der Waals surface area contributed by atoms with E-state index < -0.39 is 83.6 Å². The Bertz CT molecular complexity index is 2100. The van der Waals surface area contributed by atoms with Crippen molar-refractivity contribution in [3.05, 3.63) is 135 Å². The highest BCUT2D eigenvalue weighted by molar-refractivity contribution is 6.31. The Morgan fingerprint density at radius 1 is 0.946 bits per heavy atom. The van der Waals surface area contributed by atoms with E-state index in [4.69, 9.17) is 27.9 Å². The lowest BCUT2D eigenvalue weighted by Gasteiger charge is -2.63. The lowest BCUT2D eigenvalue weighted by Crippen LogP contribution is -2.72. The van der Waals surface area contributed by atoms with Crippen molar-refractivity contribution in [1.29, 1.82) is 0 Å². The number of carbonyl (C=O) groups is 2. The number of aliphatic hydroxyl groups excluding tert-OH is 2. The van der Waals surface area contributed by atoms with Crippen LogP contribution in [-0.4, -0.2) is 77.2 Å². The molecule has 0 radical (unpaired) electrons. The summed E-state index contributed by atoms with van der Waals surface area (Å²) < 4.78 is 53.3. The molecule has 294 valence electrons. The van der Waals surface area contributed by atoms with Crippen molar-refractivity contribution >= 4 is 40.7 Å². The molecule has 0 unspecified atom stereocenters. The van der Waals surface area contributed by atoms with Crippen LogP contribution in [0.3, 0.4) is 0 Å². The number of aliphatic hydroxyl groups is 2. The summed E-state index contributed by atoms with van der Waals surface area (Å²) in [6.07, 6.45) is -1.33. The van der Waals surface area contributed by atoms with E-state index in [1.54, 1.807) is 89.8 Å². The van der Waals surface area contributed by atoms with Crippen molar-refractivity contribution in [2.24, 2.45) is 5.41 Å². The highest BCUT2D eigenvalue weighted by Crippen LogP contribution is 2.74. The third kappa shape index (κ3) is 5.96. The van der Waals surface area contributed by atoms with Crippen molar-refractivity contribution in [3.63, 3.8) is 0 Å². The molecule has 4 aliphatic rings. The molecule has 0 bridgehead atoms. The van der Waals surface area contributed by atoms with Gasteiger partial charge in [0.05, 0.1) is 61.9 Å². The van der Waals surface area contributed by atoms with Gasteiger partial charge in [-0.3, -0.25) is 23.3 Å². The van der Waals surface area contributed by atoms with E-state index in [-0.39, 0.29) is 36.6 Å². The molecule has 1 aliphatic carbocycles. The van der Waals surface area contributed by atoms with Crippen LogP contribution in [0.5, 0.6) is 0 Å². The minimum Gasteiger partial charge on any atom is -0.394 e. The first-order valence-electron chi connectivity index (χ1n) is 18.8. The molecule has 7 atom stereocenters. The van der Waals surface area contributed by atoms with Crippen LogP contribution < -0.4 is 10.6 Å². The Morgan fingerprint density at radius 3 is 2.25 bits per heavy atom. The monoisotopic (exact) mass is 807 g/mol. The molecule has 4 aromatic rings. The number of amides is 2. The van der Waals surface area contributed by atoms with Gasteiger partial charge in [-0.05, 0) is 66.1 Å². The smallest absolute Gasteiger partial charge is 0.238 e. The van der Waals surface area contributed by atoms with Crippen LogP contribution in [0.1, 0.15) is 66.0 Å². The lowest BCUT2D eigenvalue weighted by atomic mass is 9.45. The van der Waals surface area contributed by atoms with Crippen molar-refractivity contribution in [2.75, 3.05) is 31.9 Å². The van der Waals surface area contributed by atoms with Gasteiger partial charge in [0.25, 0.3) is 0 Å². The molecule has 2 spiro atoms. The van der Waals surface area contributed by atoms with Gasteiger partial charge >= 0.3 is 0 Å². The number of carbonyl (C=O) groups excluding carboxylic acids is 2. The largest absolute Gasteiger partial charge is 0.394 e. The third-order valence-electron chi connectivity index (χ3n) is 12.6. The Balaban J connectivity index is 1.45. The Hall–Kier alpha value is -3.97. The van der Waals surface area contributed by atoms with Gasteiger partial charge < -0.3 is 25.6 Å². The molecule has 1 saturated carbocycles. The molecule has 3 aliphatic heterocycles. The van der Waals surface area contributed by atoms with E-state index in [2.05, 4.69) is 10.6 Å². The second kappa shape index (κ2) is 15.1. The summed E-state index contributed by atoms with van der Waals surface area (Å²) in [4.78, 5) is 32.6. The van der Waals surface area contributed by atoms with Gasteiger partial charge in [-0.2, -0.15) is 0 Å². The molecule has 0 aromatic heterocycles. The minimum atomic E-state index is -1.87. The summed E-state index contributed by atoms with van der Waals surface area (Å²) in [6, 6.07) is 23.9. The normalized spacial score (nSPS) is 27.4. The zero-order valence-corrected chi connectivity index (χ0v) is 31.8. The Morgan fingerprint density at radius 2 is 1.62 bits per heavy atom. The maximum atomic E-state index is 16.9. The van der Waals surface area contributed by atoms with Gasteiger partial charge in [0.2, 0.25) is 11.8 Å². The van der Waals surface area contributed by atoms with Gasteiger partial charge in [-0.25, -0.2) is 4.39 Å². The molecule has 2 amide bonds. The number of rotatable bonds is 10. The summed E-state index contributed by atoms with van der Waals surface area (Å²) in [5, 5.41) is 28.5. The molecule has 4 aromatic carbocycles. The van der Waals surface area contributed by atoms with E-state index in [0.717, 1.165) is 0 Å². The molecule has 3 heterocycles. The molecular weight excluding hydrogens is 766 g/mol. The fraction of sp³-hybridized carbons (Fsp3) is 0.395. The van der Waals surface area contributed by atoms with E-state index >= 15 is 22.8 Å². The first-order valence-corrected chi connectivity index (χ1v) is 19.6. The van der Waals surface area contributed by atoms with Crippen molar-refractivity contribution in [1.82, 2.24) is 10.2 Å². The summed E-state index contributed by atoms with van der Waals surface area (Å²) >= 11 is 13.0. The number of alkyl halides is 2. The zero-order valence-electron chi connectivity index (χ0n) is 30.3. The van der Waals surface area contributed by atoms with Gasteiger partial charge in [0.1, 0.15) is 11.2 Å². The quantitative estimate of drug-likeness (QED) is 0.133. The van der Waals surface area contributed by atoms with Crippen molar-refractivity contribution in [3.8, 4) is 0 Å². The first kappa shape index (κ1) is 38.9. The number of benzene rings is 4. The van der Waals surface area contributed by atoms with E-state index in [1.165, 1.54) is 12.1 Å². The molecular formula is C43H42Cl2F3N3O5. The number of halogens is 5. The zero-order chi connectivity index (χ0) is 39.4. The SMILES string of the molecule is O=C(N[C@@H]1CC[C@@H](CO)OC1)[C@H]1[C@H](c2cccc(Cl)c2F)[C@]2(C(=O)Nc3cc(Cl)ccc32)C2(CC(CF)(CF)C2)N1[C@H](c1ccccc1)[C@@H](O)c1ccccc1. The first-order chi connectivity index (χ1) is 27.0. The average Bonchev–Trinajstić information content (AvgIpc) is 3.64. The second-order valence-corrected chi connectivity index (χ2v) is 16.6. The summed E-state index contributed by atoms with van der Waals surface area (Å²) in [5.74, 6) is -3.41. The predicted octanol–water partition coefficient (Wildman–Crippen LogP) is 7.38. The van der Waals surface area contributed by atoms with Gasteiger partial charge in [0.15, 0.2) is 0 Å². The highest BCUT2D eigenvalue weighted by Gasteiger charge is 2.82. The molecule has 8 nitrogen and oxygen atoms in total. The van der Waals surface area contributed by atoms with Crippen LogP contribution in [0, 0.1) is 11.2 Å². The second-order valence-electron chi connectivity index (χ2n) is 15.7. The van der Waals surface area contributed by atoms with Crippen LogP contribution in [-0.2, 0) is 19.7 Å². The maximum Gasteiger partial charge on any atom is 0.238 e. The molecule has 2 saturated heterocycles. The highest BCUT2D eigenvalue weighted by atomic mass is 35.5. The fourth-order valence-corrected chi connectivity index (χ4v) is 10.7. The molecule has 56 heavy (non-hydrogen) atoms. The van der Waals surface area contributed by atoms with Crippen LogP contribution in [0.4, 0.5) is 18.9 Å². The summed E-state index contributed by atoms with van der Waals surface area (Å²) in [7, 11) is 0. The lowest BCUT2D eigenvalue weighted by molar-refractivity contribution is -0.166. The number of ether oxygens (including phenoxy) is 1. The van der Waals surface area contributed by atoms with E-state index in [9.17, 15) is 10.2 Å². The number of nitrogens with zero attached hydrogens (tertiary/aromatic N) is 1. The minimum absolute atomic E-state index is 0.0447. The molecule has 8 rings (SSSR count). The van der Waals surface area contributed by atoms with Crippen molar-refractivity contribution < 1.29 is 37.7 Å². The predicted molar refractivity (Wildman–Crippen MR) is 206 cm³/mol. The van der Waals surface area contributed by atoms with Crippen LogP contribution in [0.15, 0.2) is 97.1 Å². The van der Waals surface area contributed by atoms with E-state index in [0.29, 0.717) is 40.2 Å².